The molecule has 0 aromatic heterocycles. The summed E-state index contributed by atoms with van der Waals surface area (Å²) in [7, 11) is 3.20. The first kappa shape index (κ1) is 13.3. The van der Waals surface area contributed by atoms with Crippen LogP contribution in [-0.4, -0.2) is 33.5 Å². The zero-order valence-electron chi connectivity index (χ0n) is 10.7. The van der Waals surface area contributed by atoms with Gasteiger partial charge in [0, 0.05) is 25.3 Å². The zero-order chi connectivity index (χ0) is 13.0. The van der Waals surface area contributed by atoms with Crippen molar-refractivity contribution in [1.29, 1.82) is 0 Å². The van der Waals surface area contributed by atoms with E-state index in [1.807, 2.05) is 6.07 Å². The molecule has 100 valence electrons. The van der Waals surface area contributed by atoms with Gasteiger partial charge in [-0.3, -0.25) is 0 Å². The van der Waals surface area contributed by atoms with Crippen molar-refractivity contribution in [3.8, 4) is 11.5 Å². The standard InChI is InChI=1S/C13H18ClNO3/c1-16-12-6-10(14)11(7-13(12)17-2)15-8-9-4-3-5-18-9/h6-7,9,15H,3-5,8H2,1-2H3. The van der Waals surface area contributed by atoms with E-state index in [2.05, 4.69) is 5.32 Å². The number of hydrogen-bond acceptors (Lipinski definition) is 4. The quantitative estimate of drug-likeness (QED) is 0.894. The number of halogens is 1. The maximum atomic E-state index is 6.18. The number of ether oxygens (including phenoxy) is 3. The van der Waals surface area contributed by atoms with E-state index in [4.69, 9.17) is 25.8 Å². The molecule has 5 heteroatoms. The van der Waals surface area contributed by atoms with E-state index < -0.39 is 0 Å². The second kappa shape index (κ2) is 6.16. The molecule has 18 heavy (non-hydrogen) atoms. The smallest absolute Gasteiger partial charge is 0.162 e. The third-order valence-corrected chi connectivity index (χ3v) is 3.33. The molecule has 4 nitrogen and oxygen atoms in total. The number of anilines is 1. The summed E-state index contributed by atoms with van der Waals surface area (Å²) in [5.74, 6) is 1.29. The molecule has 0 bridgehead atoms. The average Bonchev–Trinajstić information content (AvgIpc) is 2.90. The van der Waals surface area contributed by atoms with Crippen LogP contribution in [0.3, 0.4) is 0 Å². The van der Waals surface area contributed by atoms with Crippen molar-refractivity contribution in [1.82, 2.24) is 0 Å². The molecule has 2 rings (SSSR count). The number of benzene rings is 1. The Morgan fingerprint density at radius 1 is 1.33 bits per heavy atom. The predicted octanol–water partition coefficient (Wildman–Crippen LogP) is 2.95. The molecule has 0 amide bonds. The van der Waals surface area contributed by atoms with Gasteiger partial charge in [-0.1, -0.05) is 11.6 Å². The van der Waals surface area contributed by atoms with Gasteiger partial charge >= 0.3 is 0 Å². The molecular formula is C13H18ClNO3. The summed E-state index contributed by atoms with van der Waals surface area (Å²) in [6, 6.07) is 3.59. The van der Waals surface area contributed by atoms with Gasteiger partial charge < -0.3 is 19.5 Å². The second-order valence-electron chi connectivity index (χ2n) is 4.20. The summed E-state index contributed by atoms with van der Waals surface area (Å²) >= 11 is 6.18. The molecule has 0 aliphatic carbocycles. The molecule has 0 spiro atoms. The van der Waals surface area contributed by atoms with Crippen LogP contribution >= 0.6 is 11.6 Å². The van der Waals surface area contributed by atoms with Gasteiger partial charge in [0.1, 0.15) is 0 Å². The van der Waals surface area contributed by atoms with Crippen molar-refractivity contribution < 1.29 is 14.2 Å². The summed E-state index contributed by atoms with van der Waals surface area (Å²) < 4.78 is 16.0. The van der Waals surface area contributed by atoms with E-state index in [1.54, 1.807) is 20.3 Å². The Morgan fingerprint density at radius 3 is 2.67 bits per heavy atom. The van der Waals surface area contributed by atoms with E-state index in [1.165, 1.54) is 0 Å². The molecule has 1 aliphatic heterocycles. The van der Waals surface area contributed by atoms with Crippen LogP contribution in [0.4, 0.5) is 5.69 Å². The molecule has 1 heterocycles. The Kier molecular flexibility index (Phi) is 4.55. The third kappa shape index (κ3) is 3.00. The monoisotopic (exact) mass is 271 g/mol. The first-order valence-corrected chi connectivity index (χ1v) is 6.39. The summed E-state index contributed by atoms with van der Waals surface area (Å²) in [5.41, 5.74) is 0.838. The van der Waals surface area contributed by atoms with Crippen molar-refractivity contribution in [3.63, 3.8) is 0 Å². The summed E-state index contributed by atoms with van der Waals surface area (Å²) in [6.07, 6.45) is 2.50. The average molecular weight is 272 g/mol. The van der Waals surface area contributed by atoms with Crippen LogP contribution in [-0.2, 0) is 4.74 Å². The van der Waals surface area contributed by atoms with E-state index >= 15 is 0 Å². The largest absolute Gasteiger partial charge is 0.493 e. The fourth-order valence-electron chi connectivity index (χ4n) is 2.02. The fourth-order valence-corrected chi connectivity index (χ4v) is 2.24. The highest BCUT2D eigenvalue weighted by Crippen LogP contribution is 2.36. The van der Waals surface area contributed by atoms with Crippen LogP contribution in [0.5, 0.6) is 11.5 Å². The van der Waals surface area contributed by atoms with Crippen molar-refractivity contribution >= 4 is 17.3 Å². The second-order valence-corrected chi connectivity index (χ2v) is 4.61. The van der Waals surface area contributed by atoms with Crippen molar-refractivity contribution in [2.75, 3.05) is 32.7 Å². The maximum absolute atomic E-state index is 6.18. The van der Waals surface area contributed by atoms with Gasteiger partial charge in [-0.05, 0) is 12.8 Å². The Morgan fingerprint density at radius 2 is 2.06 bits per heavy atom. The van der Waals surface area contributed by atoms with Crippen LogP contribution < -0.4 is 14.8 Å². The molecule has 1 aromatic carbocycles. The van der Waals surface area contributed by atoms with Crippen LogP contribution in [0.1, 0.15) is 12.8 Å². The van der Waals surface area contributed by atoms with Crippen LogP contribution in [0.25, 0.3) is 0 Å². The van der Waals surface area contributed by atoms with E-state index in [0.717, 1.165) is 31.7 Å². The van der Waals surface area contributed by atoms with Crippen LogP contribution in [0.2, 0.25) is 5.02 Å². The first-order chi connectivity index (χ1) is 8.74. The van der Waals surface area contributed by atoms with Gasteiger partial charge in [-0.15, -0.1) is 0 Å². The van der Waals surface area contributed by atoms with Gasteiger partial charge in [-0.25, -0.2) is 0 Å². The minimum Gasteiger partial charge on any atom is -0.493 e. The lowest BCUT2D eigenvalue weighted by Crippen LogP contribution is -2.18. The third-order valence-electron chi connectivity index (χ3n) is 3.02. The lowest BCUT2D eigenvalue weighted by atomic mass is 10.2. The maximum Gasteiger partial charge on any atom is 0.162 e. The highest BCUT2D eigenvalue weighted by molar-refractivity contribution is 6.33. The van der Waals surface area contributed by atoms with Crippen LogP contribution in [0, 0.1) is 0 Å². The molecule has 0 radical (unpaired) electrons. The Hall–Kier alpha value is -1.13. The van der Waals surface area contributed by atoms with Gasteiger partial charge in [-0.2, -0.15) is 0 Å². The van der Waals surface area contributed by atoms with Gasteiger partial charge in [0.05, 0.1) is 31.0 Å². The zero-order valence-corrected chi connectivity index (χ0v) is 11.4. The molecule has 0 saturated carbocycles. The van der Waals surface area contributed by atoms with Gasteiger partial charge in [0.15, 0.2) is 11.5 Å². The normalized spacial score (nSPS) is 18.7. The SMILES string of the molecule is COc1cc(Cl)c(NCC2CCCO2)cc1OC. The molecule has 1 aliphatic rings. The fraction of sp³-hybridized carbons (Fsp3) is 0.538. The predicted molar refractivity (Wildman–Crippen MR) is 72.0 cm³/mol. The molecule has 1 N–H and O–H groups in total. The summed E-state index contributed by atoms with van der Waals surface area (Å²) in [6.45, 7) is 1.61. The van der Waals surface area contributed by atoms with Gasteiger partial charge in [0.2, 0.25) is 0 Å². The van der Waals surface area contributed by atoms with E-state index in [0.29, 0.717) is 16.5 Å². The lowest BCUT2D eigenvalue weighted by Gasteiger charge is -2.15. The highest BCUT2D eigenvalue weighted by atomic mass is 35.5. The van der Waals surface area contributed by atoms with E-state index in [9.17, 15) is 0 Å². The van der Waals surface area contributed by atoms with Crippen molar-refractivity contribution in [2.45, 2.75) is 18.9 Å². The minimum absolute atomic E-state index is 0.272. The summed E-state index contributed by atoms with van der Waals surface area (Å²) in [5, 5.41) is 3.90. The number of hydrogen-bond donors (Lipinski definition) is 1. The molecule has 1 saturated heterocycles. The number of methoxy groups -OCH3 is 2. The Labute approximate surface area is 112 Å². The summed E-state index contributed by atoms with van der Waals surface area (Å²) in [4.78, 5) is 0. The minimum atomic E-state index is 0.272. The van der Waals surface area contributed by atoms with Crippen molar-refractivity contribution in [2.24, 2.45) is 0 Å². The lowest BCUT2D eigenvalue weighted by molar-refractivity contribution is 0.120. The Balaban J connectivity index is 2.06. The van der Waals surface area contributed by atoms with Gasteiger partial charge in [0.25, 0.3) is 0 Å². The number of nitrogens with one attached hydrogen (secondary N) is 1. The van der Waals surface area contributed by atoms with E-state index in [-0.39, 0.29) is 6.10 Å². The van der Waals surface area contributed by atoms with Crippen molar-refractivity contribution in [3.05, 3.63) is 17.2 Å². The molecule has 1 unspecified atom stereocenters. The molecule has 1 atom stereocenters. The topological polar surface area (TPSA) is 39.7 Å². The molecular weight excluding hydrogens is 254 g/mol. The first-order valence-electron chi connectivity index (χ1n) is 6.01. The number of rotatable bonds is 5. The molecule has 1 fully saturated rings. The highest BCUT2D eigenvalue weighted by Gasteiger charge is 2.16. The van der Waals surface area contributed by atoms with Crippen LogP contribution in [0.15, 0.2) is 12.1 Å². The Bertz CT molecular complexity index is 405. The molecule has 1 aromatic rings.